The van der Waals surface area contributed by atoms with Crippen molar-refractivity contribution in [2.24, 2.45) is 47.3 Å². The molecule has 4 nitrogen and oxygen atoms in total. The maximum absolute atomic E-state index is 6.18. The van der Waals surface area contributed by atoms with Crippen molar-refractivity contribution in [1.29, 1.82) is 0 Å². The molecule has 5 rings (SSSR count). The summed E-state index contributed by atoms with van der Waals surface area (Å²) in [5, 5.41) is 0. The van der Waals surface area contributed by atoms with Crippen LogP contribution in [-0.4, -0.2) is 38.0 Å². The van der Waals surface area contributed by atoms with Gasteiger partial charge in [-0.05, 0) is 92.3 Å². The lowest BCUT2D eigenvalue weighted by molar-refractivity contribution is -0.0955. The summed E-state index contributed by atoms with van der Waals surface area (Å²) in [6.45, 7) is 11.3. The van der Waals surface area contributed by atoms with Gasteiger partial charge in [-0.3, -0.25) is 0 Å². The fourth-order valence-electron chi connectivity index (χ4n) is 7.56. The van der Waals surface area contributed by atoms with Crippen LogP contribution in [0.2, 0.25) is 0 Å². The van der Waals surface area contributed by atoms with Crippen molar-refractivity contribution < 1.29 is 18.9 Å². The van der Waals surface area contributed by atoms with Crippen LogP contribution in [0.5, 0.6) is 0 Å². The molecule has 0 aromatic rings. The Morgan fingerprint density at radius 2 is 0.862 bits per heavy atom. The van der Waals surface area contributed by atoms with Crippen LogP contribution in [0.4, 0.5) is 0 Å². The topological polar surface area (TPSA) is 43.5 Å². The molecule has 0 spiro atoms. The molecule has 2 saturated heterocycles. The first-order valence-electron chi connectivity index (χ1n) is 12.5. The minimum Gasteiger partial charge on any atom is -0.346 e. The second-order valence-electron chi connectivity index (χ2n) is 11.4. The van der Waals surface area contributed by atoms with Gasteiger partial charge in [0.25, 0.3) is 0 Å². The highest BCUT2D eigenvalue weighted by molar-refractivity contribution is 4.94. The van der Waals surface area contributed by atoms with Gasteiger partial charge in [-0.2, -0.15) is 0 Å². The van der Waals surface area contributed by atoms with Gasteiger partial charge < -0.3 is 18.9 Å². The van der Waals surface area contributed by atoms with Crippen LogP contribution < -0.4 is 0 Å². The fourth-order valence-corrected chi connectivity index (χ4v) is 7.56. The maximum Gasteiger partial charge on any atom is 0.181 e. The minimum absolute atomic E-state index is 0.104. The lowest BCUT2D eigenvalue weighted by Crippen LogP contribution is -2.40. The van der Waals surface area contributed by atoms with Crippen LogP contribution in [0.3, 0.4) is 0 Å². The molecule has 0 amide bonds. The monoisotopic (exact) mass is 406 g/mol. The lowest BCUT2D eigenvalue weighted by Gasteiger charge is -2.42. The van der Waals surface area contributed by atoms with Gasteiger partial charge in [-0.25, -0.2) is 0 Å². The standard InChI is InChI=1S/C25H42O4/c1-14-7-20(8-15(2)24(14)28-22-12-26-22)18-5-6-19(11-18)21-9-16(3)25(17(4)10-21)29-23-13-27-23/h14-25H,5-13H2,1-4H3. The molecule has 8 unspecified atom stereocenters. The molecule has 5 aliphatic rings. The van der Waals surface area contributed by atoms with Crippen molar-refractivity contribution in [2.45, 2.75) is 97.4 Å². The Balaban J connectivity index is 1.13. The van der Waals surface area contributed by atoms with E-state index in [1.54, 1.807) is 0 Å². The molecular formula is C25H42O4. The zero-order valence-electron chi connectivity index (χ0n) is 18.9. The van der Waals surface area contributed by atoms with E-state index < -0.39 is 0 Å². The second kappa shape index (κ2) is 8.41. The van der Waals surface area contributed by atoms with E-state index in [9.17, 15) is 0 Å². The van der Waals surface area contributed by atoms with E-state index in [4.69, 9.17) is 18.9 Å². The molecule has 3 aliphatic carbocycles. The zero-order chi connectivity index (χ0) is 20.1. The number of ether oxygens (including phenoxy) is 4. The molecule has 29 heavy (non-hydrogen) atoms. The summed E-state index contributed by atoms with van der Waals surface area (Å²) in [6.07, 6.45) is 10.8. The van der Waals surface area contributed by atoms with Crippen LogP contribution in [0, 0.1) is 47.3 Å². The quantitative estimate of drug-likeness (QED) is 0.565. The van der Waals surface area contributed by atoms with Crippen LogP contribution in [-0.2, 0) is 18.9 Å². The van der Waals surface area contributed by atoms with Gasteiger partial charge >= 0.3 is 0 Å². The lowest BCUT2D eigenvalue weighted by atomic mass is 9.67. The number of hydrogen-bond acceptors (Lipinski definition) is 4. The second-order valence-corrected chi connectivity index (χ2v) is 11.4. The fraction of sp³-hybridized carbons (Fsp3) is 1.00. The highest BCUT2D eigenvalue weighted by Gasteiger charge is 2.45. The predicted octanol–water partition coefficient (Wildman–Crippen LogP) is 5.25. The highest BCUT2D eigenvalue weighted by atomic mass is 16.8. The minimum atomic E-state index is 0.104. The Morgan fingerprint density at radius 3 is 1.17 bits per heavy atom. The summed E-state index contributed by atoms with van der Waals surface area (Å²) in [5.41, 5.74) is 0. The smallest absolute Gasteiger partial charge is 0.181 e. The Labute approximate surface area is 177 Å². The van der Waals surface area contributed by atoms with Gasteiger partial charge in [-0.1, -0.05) is 27.7 Å². The molecule has 2 heterocycles. The van der Waals surface area contributed by atoms with Crippen LogP contribution in [0.25, 0.3) is 0 Å². The Hall–Kier alpha value is -0.160. The summed E-state index contributed by atoms with van der Waals surface area (Å²) >= 11 is 0. The molecule has 5 fully saturated rings. The Bertz CT molecular complexity index is 487. The molecule has 166 valence electrons. The van der Waals surface area contributed by atoms with Gasteiger partial charge in [0.1, 0.15) is 13.2 Å². The van der Waals surface area contributed by atoms with Crippen molar-refractivity contribution in [2.75, 3.05) is 13.2 Å². The third-order valence-electron chi connectivity index (χ3n) is 9.01. The van der Waals surface area contributed by atoms with Gasteiger partial charge in [0.2, 0.25) is 0 Å². The van der Waals surface area contributed by atoms with Crippen LogP contribution >= 0.6 is 0 Å². The summed E-state index contributed by atoms with van der Waals surface area (Å²) < 4.78 is 23.0. The van der Waals surface area contributed by atoms with E-state index in [0.29, 0.717) is 35.9 Å². The third kappa shape index (κ3) is 4.71. The van der Waals surface area contributed by atoms with Gasteiger partial charge in [0, 0.05) is 0 Å². The molecule has 0 N–H and O–H groups in total. The van der Waals surface area contributed by atoms with E-state index in [0.717, 1.165) is 36.9 Å². The first-order valence-corrected chi connectivity index (χ1v) is 12.5. The molecule has 0 radical (unpaired) electrons. The average Bonchev–Trinajstić information content (AvgIpc) is 3.60. The van der Waals surface area contributed by atoms with Crippen LogP contribution in [0.1, 0.15) is 72.6 Å². The van der Waals surface area contributed by atoms with E-state index >= 15 is 0 Å². The molecule has 0 bridgehead atoms. The largest absolute Gasteiger partial charge is 0.346 e. The molecule has 8 atom stereocenters. The Morgan fingerprint density at radius 1 is 0.517 bits per heavy atom. The third-order valence-corrected chi connectivity index (χ3v) is 9.01. The zero-order valence-corrected chi connectivity index (χ0v) is 18.9. The summed E-state index contributed by atoms with van der Waals surface area (Å²) in [5.74, 6) is 6.39. The summed E-state index contributed by atoms with van der Waals surface area (Å²) in [4.78, 5) is 0. The van der Waals surface area contributed by atoms with E-state index in [1.165, 1.54) is 44.9 Å². The maximum atomic E-state index is 6.18. The summed E-state index contributed by atoms with van der Waals surface area (Å²) in [7, 11) is 0. The summed E-state index contributed by atoms with van der Waals surface area (Å²) in [6, 6.07) is 0. The molecule has 2 aliphatic heterocycles. The SMILES string of the molecule is CC1CC(C2CCC(C3CC(C)C(OC4CO4)C(C)C3)C2)CC(C)C1OC1CO1. The van der Waals surface area contributed by atoms with E-state index in [1.807, 2.05) is 0 Å². The highest BCUT2D eigenvalue weighted by Crippen LogP contribution is 2.51. The van der Waals surface area contributed by atoms with E-state index in [-0.39, 0.29) is 12.6 Å². The first-order chi connectivity index (χ1) is 14.0. The van der Waals surface area contributed by atoms with Crippen LogP contribution in [0.15, 0.2) is 0 Å². The van der Waals surface area contributed by atoms with Crippen molar-refractivity contribution in [3.8, 4) is 0 Å². The van der Waals surface area contributed by atoms with Crippen molar-refractivity contribution in [3.63, 3.8) is 0 Å². The average molecular weight is 407 g/mol. The number of hydrogen-bond donors (Lipinski definition) is 0. The number of rotatable bonds is 6. The van der Waals surface area contributed by atoms with Crippen molar-refractivity contribution >= 4 is 0 Å². The number of epoxide rings is 2. The molecule has 0 aromatic heterocycles. The van der Waals surface area contributed by atoms with Gasteiger partial charge in [-0.15, -0.1) is 0 Å². The van der Waals surface area contributed by atoms with Crippen molar-refractivity contribution in [1.82, 2.24) is 0 Å². The molecule has 4 heteroatoms. The molecule has 0 aromatic carbocycles. The van der Waals surface area contributed by atoms with Crippen molar-refractivity contribution in [3.05, 3.63) is 0 Å². The first kappa shape index (κ1) is 20.7. The van der Waals surface area contributed by atoms with E-state index in [2.05, 4.69) is 27.7 Å². The Kier molecular flexibility index (Phi) is 6.01. The molecular weight excluding hydrogens is 364 g/mol. The van der Waals surface area contributed by atoms with Gasteiger partial charge in [0.05, 0.1) is 12.2 Å². The molecule has 3 saturated carbocycles. The predicted molar refractivity (Wildman–Crippen MR) is 112 cm³/mol. The van der Waals surface area contributed by atoms with Gasteiger partial charge in [0.15, 0.2) is 12.6 Å². The normalized spacial score (nSPS) is 55.0.